The number of hydrogen-bond donors (Lipinski definition) is 1. The molecule has 1 N–H and O–H groups in total. The first-order valence-electron chi connectivity index (χ1n) is 6.52. The van der Waals surface area contributed by atoms with Crippen LogP contribution in [0.3, 0.4) is 0 Å². The van der Waals surface area contributed by atoms with Crippen molar-refractivity contribution in [1.29, 1.82) is 0 Å². The van der Waals surface area contributed by atoms with Crippen LogP contribution in [0.15, 0.2) is 22.7 Å². The molecule has 1 rings (SSSR count). The number of ether oxygens (including phenoxy) is 1. The monoisotopic (exact) mass is 317 g/mol. The molecule has 0 heterocycles. The predicted molar refractivity (Wildman–Crippen MR) is 76.6 cm³/mol. The second kappa shape index (κ2) is 9.34. The average Bonchev–Trinajstić information content (AvgIpc) is 2.31. The van der Waals surface area contributed by atoms with Crippen molar-refractivity contribution < 1.29 is 9.13 Å². The highest BCUT2D eigenvalue weighted by Gasteiger charge is 1.99. The van der Waals surface area contributed by atoms with E-state index in [1.165, 1.54) is 18.6 Å². The highest BCUT2D eigenvalue weighted by atomic mass is 79.9. The zero-order chi connectivity index (χ0) is 13.2. The Kier molecular flexibility index (Phi) is 8.01. The van der Waals surface area contributed by atoms with Crippen molar-refractivity contribution in [1.82, 2.24) is 5.32 Å². The van der Waals surface area contributed by atoms with Gasteiger partial charge in [-0.15, -0.1) is 0 Å². The van der Waals surface area contributed by atoms with Crippen LogP contribution in [0.25, 0.3) is 0 Å². The van der Waals surface area contributed by atoms with Crippen LogP contribution >= 0.6 is 15.9 Å². The number of hydrogen-bond acceptors (Lipinski definition) is 2. The van der Waals surface area contributed by atoms with Gasteiger partial charge in [-0.2, -0.15) is 0 Å². The highest BCUT2D eigenvalue weighted by Crippen LogP contribution is 2.20. The van der Waals surface area contributed by atoms with Crippen LogP contribution in [0.5, 0.6) is 5.75 Å². The lowest BCUT2D eigenvalue weighted by Crippen LogP contribution is -2.15. The van der Waals surface area contributed by atoms with E-state index in [4.69, 9.17) is 4.74 Å². The molecule has 0 aliphatic carbocycles. The van der Waals surface area contributed by atoms with Gasteiger partial charge in [0.15, 0.2) is 0 Å². The van der Waals surface area contributed by atoms with Crippen molar-refractivity contribution in [3.05, 3.63) is 28.5 Å². The van der Waals surface area contributed by atoms with Crippen molar-refractivity contribution in [2.45, 2.75) is 32.6 Å². The summed E-state index contributed by atoms with van der Waals surface area (Å²) in [4.78, 5) is 0. The summed E-state index contributed by atoms with van der Waals surface area (Å²) in [6.07, 6.45) is 4.48. The van der Waals surface area contributed by atoms with E-state index in [1.807, 2.05) is 0 Å². The maximum atomic E-state index is 13.1. The molecule has 0 bridgehead atoms. The standard InChI is InChI=1S/C14H21BrFNO/c1-2-6-17-7-4-3-5-8-18-14-10-12(15)9-13(16)11-14/h9-11,17H,2-8H2,1H3. The first-order chi connectivity index (χ1) is 8.72. The minimum Gasteiger partial charge on any atom is -0.493 e. The van der Waals surface area contributed by atoms with E-state index in [-0.39, 0.29) is 5.82 Å². The van der Waals surface area contributed by atoms with Crippen LogP contribution < -0.4 is 10.1 Å². The molecule has 0 radical (unpaired) electrons. The fourth-order valence-corrected chi connectivity index (χ4v) is 2.08. The molecule has 4 heteroatoms. The van der Waals surface area contributed by atoms with Crippen LogP contribution in [0.2, 0.25) is 0 Å². The molecular weight excluding hydrogens is 297 g/mol. The summed E-state index contributed by atoms with van der Waals surface area (Å²) < 4.78 is 19.3. The smallest absolute Gasteiger partial charge is 0.128 e. The van der Waals surface area contributed by atoms with E-state index < -0.39 is 0 Å². The summed E-state index contributed by atoms with van der Waals surface area (Å²) in [7, 11) is 0. The fraction of sp³-hybridized carbons (Fsp3) is 0.571. The number of rotatable bonds is 9. The molecule has 0 aromatic heterocycles. The summed E-state index contributed by atoms with van der Waals surface area (Å²) in [6, 6.07) is 4.62. The fourth-order valence-electron chi connectivity index (χ4n) is 1.63. The molecule has 0 atom stereocenters. The van der Waals surface area contributed by atoms with Crippen LogP contribution in [-0.4, -0.2) is 19.7 Å². The predicted octanol–water partition coefficient (Wildman–Crippen LogP) is 4.14. The van der Waals surface area contributed by atoms with Crippen molar-refractivity contribution in [2.24, 2.45) is 0 Å². The van der Waals surface area contributed by atoms with E-state index in [0.717, 1.165) is 32.4 Å². The molecule has 0 spiro atoms. The largest absolute Gasteiger partial charge is 0.493 e. The molecule has 0 unspecified atom stereocenters. The Morgan fingerprint density at radius 1 is 1.17 bits per heavy atom. The topological polar surface area (TPSA) is 21.3 Å². The van der Waals surface area contributed by atoms with Crippen molar-refractivity contribution in [2.75, 3.05) is 19.7 Å². The second-order valence-corrected chi connectivity index (χ2v) is 5.18. The number of benzene rings is 1. The van der Waals surface area contributed by atoms with E-state index >= 15 is 0 Å². The van der Waals surface area contributed by atoms with Gasteiger partial charge in [-0.3, -0.25) is 0 Å². The maximum absolute atomic E-state index is 13.1. The maximum Gasteiger partial charge on any atom is 0.128 e. The zero-order valence-corrected chi connectivity index (χ0v) is 12.4. The third-order valence-corrected chi connectivity index (χ3v) is 2.99. The zero-order valence-electron chi connectivity index (χ0n) is 10.8. The number of nitrogens with one attached hydrogen (secondary N) is 1. The molecule has 0 saturated carbocycles. The number of unbranched alkanes of at least 4 members (excludes halogenated alkanes) is 2. The van der Waals surface area contributed by atoms with E-state index in [0.29, 0.717) is 16.8 Å². The average molecular weight is 318 g/mol. The van der Waals surface area contributed by atoms with Gasteiger partial charge >= 0.3 is 0 Å². The highest BCUT2D eigenvalue weighted by molar-refractivity contribution is 9.10. The Labute approximate surface area is 117 Å². The van der Waals surface area contributed by atoms with Gasteiger partial charge in [0.2, 0.25) is 0 Å². The van der Waals surface area contributed by atoms with Crippen LogP contribution in [0, 0.1) is 5.82 Å². The minimum absolute atomic E-state index is 0.275. The summed E-state index contributed by atoms with van der Waals surface area (Å²) in [5.74, 6) is 0.314. The Balaban J connectivity index is 2.07. The van der Waals surface area contributed by atoms with Gasteiger partial charge in [0.1, 0.15) is 11.6 Å². The summed E-state index contributed by atoms with van der Waals surface area (Å²) in [6.45, 7) is 4.97. The van der Waals surface area contributed by atoms with Crippen molar-refractivity contribution in [3.8, 4) is 5.75 Å². The molecule has 0 aliphatic rings. The van der Waals surface area contributed by atoms with Crippen LogP contribution in [-0.2, 0) is 0 Å². The third kappa shape index (κ3) is 6.97. The van der Waals surface area contributed by atoms with Gasteiger partial charge in [-0.25, -0.2) is 4.39 Å². The van der Waals surface area contributed by atoms with E-state index in [1.54, 1.807) is 6.07 Å². The third-order valence-electron chi connectivity index (χ3n) is 2.53. The van der Waals surface area contributed by atoms with E-state index in [2.05, 4.69) is 28.2 Å². The molecule has 1 aromatic carbocycles. The Morgan fingerprint density at radius 3 is 2.72 bits per heavy atom. The van der Waals surface area contributed by atoms with Crippen LogP contribution in [0.4, 0.5) is 4.39 Å². The lowest BCUT2D eigenvalue weighted by Gasteiger charge is -2.07. The van der Waals surface area contributed by atoms with Crippen LogP contribution in [0.1, 0.15) is 32.6 Å². The van der Waals surface area contributed by atoms with Gasteiger partial charge in [-0.1, -0.05) is 22.9 Å². The van der Waals surface area contributed by atoms with Gasteiger partial charge in [0.05, 0.1) is 6.61 Å². The Bertz CT molecular complexity index is 326. The molecule has 18 heavy (non-hydrogen) atoms. The molecule has 1 aromatic rings. The van der Waals surface area contributed by atoms with E-state index in [9.17, 15) is 4.39 Å². The quantitative estimate of drug-likeness (QED) is 0.691. The number of halogens is 2. The second-order valence-electron chi connectivity index (χ2n) is 4.26. The first-order valence-corrected chi connectivity index (χ1v) is 7.31. The molecule has 0 amide bonds. The summed E-state index contributed by atoms with van der Waals surface area (Å²) in [5.41, 5.74) is 0. The SMILES string of the molecule is CCCNCCCCCOc1cc(F)cc(Br)c1. The summed E-state index contributed by atoms with van der Waals surface area (Å²) in [5, 5.41) is 3.36. The molecule has 102 valence electrons. The molecule has 2 nitrogen and oxygen atoms in total. The molecular formula is C14H21BrFNO. The Morgan fingerprint density at radius 2 is 2.00 bits per heavy atom. The molecule has 0 aliphatic heterocycles. The first kappa shape index (κ1) is 15.4. The minimum atomic E-state index is -0.275. The van der Waals surface area contributed by atoms with Crippen molar-refractivity contribution in [3.63, 3.8) is 0 Å². The van der Waals surface area contributed by atoms with Gasteiger partial charge in [-0.05, 0) is 50.9 Å². The van der Waals surface area contributed by atoms with Gasteiger partial charge in [0, 0.05) is 10.5 Å². The lowest BCUT2D eigenvalue weighted by molar-refractivity contribution is 0.303. The van der Waals surface area contributed by atoms with Gasteiger partial charge in [0.25, 0.3) is 0 Å². The van der Waals surface area contributed by atoms with Gasteiger partial charge < -0.3 is 10.1 Å². The molecule has 0 fully saturated rings. The summed E-state index contributed by atoms with van der Waals surface area (Å²) >= 11 is 3.24. The molecule has 0 saturated heterocycles. The normalized spacial score (nSPS) is 10.6. The Hall–Kier alpha value is -0.610. The van der Waals surface area contributed by atoms with Crippen molar-refractivity contribution >= 4 is 15.9 Å². The lowest BCUT2D eigenvalue weighted by atomic mass is 10.2.